The lowest BCUT2D eigenvalue weighted by Crippen LogP contribution is -2.21. The molecule has 0 bridgehead atoms. The van der Waals surface area contributed by atoms with Gasteiger partial charge in [0.2, 0.25) is 0 Å². The van der Waals surface area contributed by atoms with Gasteiger partial charge in [-0.1, -0.05) is 56.5 Å². The van der Waals surface area contributed by atoms with Crippen LogP contribution in [0.5, 0.6) is 0 Å². The first kappa shape index (κ1) is 24.1. The highest BCUT2D eigenvalue weighted by Gasteiger charge is 2.31. The van der Waals surface area contributed by atoms with Gasteiger partial charge in [0.1, 0.15) is 5.16 Å². The molecule has 144 valence electrons. The summed E-state index contributed by atoms with van der Waals surface area (Å²) < 4.78 is 11.1. The lowest BCUT2D eigenvalue weighted by Gasteiger charge is -2.16. The van der Waals surface area contributed by atoms with Crippen LogP contribution < -0.4 is 0 Å². The van der Waals surface area contributed by atoms with Crippen molar-refractivity contribution in [2.75, 3.05) is 6.61 Å². The van der Waals surface area contributed by atoms with Crippen LogP contribution in [0.15, 0.2) is 40.0 Å². The van der Waals surface area contributed by atoms with Gasteiger partial charge in [-0.3, -0.25) is 0 Å². The SMILES string of the molecule is CCCCC1COC(C)(C)O1.C\C=C/C(=C/C)C(/C)=N\C(Cl)=C\CC. The van der Waals surface area contributed by atoms with Gasteiger partial charge in [0.15, 0.2) is 5.79 Å². The van der Waals surface area contributed by atoms with Crippen molar-refractivity contribution in [3.63, 3.8) is 0 Å². The summed E-state index contributed by atoms with van der Waals surface area (Å²) in [6.07, 6.45) is 12.8. The van der Waals surface area contributed by atoms with E-state index in [0.29, 0.717) is 11.3 Å². The average Bonchev–Trinajstić information content (AvgIpc) is 2.90. The fourth-order valence-electron chi connectivity index (χ4n) is 2.38. The lowest BCUT2D eigenvalue weighted by atomic mass is 10.1. The predicted octanol–water partition coefficient (Wildman–Crippen LogP) is 6.79. The number of allylic oxidation sites excluding steroid dienone is 5. The maximum Gasteiger partial charge on any atom is 0.163 e. The van der Waals surface area contributed by atoms with Gasteiger partial charge in [0.05, 0.1) is 12.7 Å². The van der Waals surface area contributed by atoms with Crippen LogP contribution in [0.1, 0.15) is 74.1 Å². The normalized spacial score (nSPS) is 21.4. The molecule has 1 aliphatic heterocycles. The van der Waals surface area contributed by atoms with E-state index in [2.05, 4.69) is 11.9 Å². The van der Waals surface area contributed by atoms with Crippen molar-refractivity contribution in [3.05, 3.63) is 35.0 Å². The van der Waals surface area contributed by atoms with E-state index in [0.717, 1.165) is 30.7 Å². The zero-order chi connectivity index (χ0) is 19.3. The molecule has 0 radical (unpaired) electrons. The van der Waals surface area contributed by atoms with Crippen molar-refractivity contribution >= 4 is 17.3 Å². The van der Waals surface area contributed by atoms with E-state index >= 15 is 0 Å². The van der Waals surface area contributed by atoms with Crippen LogP contribution in [-0.4, -0.2) is 24.2 Å². The number of halogens is 1. The first-order valence-electron chi connectivity index (χ1n) is 9.31. The molecule has 1 rings (SSSR count). The van der Waals surface area contributed by atoms with Crippen LogP contribution in [0, 0.1) is 0 Å². The fourth-order valence-corrected chi connectivity index (χ4v) is 2.66. The molecule has 4 heteroatoms. The minimum atomic E-state index is -0.335. The molecule has 1 heterocycles. The number of hydrogen-bond acceptors (Lipinski definition) is 3. The molecule has 0 aromatic carbocycles. The van der Waals surface area contributed by atoms with Crippen molar-refractivity contribution in [2.24, 2.45) is 4.99 Å². The van der Waals surface area contributed by atoms with Crippen LogP contribution >= 0.6 is 11.6 Å². The molecular formula is C21H36ClNO2. The third-order valence-electron chi connectivity index (χ3n) is 3.67. The molecule has 3 nitrogen and oxygen atoms in total. The molecule has 1 aliphatic rings. The second-order valence-corrected chi connectivity index (χ2v) is 6.86. The van der Waals surface area contributed by atoms with Crippen molar-refractivity contribution in [2.45, 2.75) is 86.0 Å². The molecule has 0 aromatic heterocycles. The number of hydrogen-bond donors (Lipinski definition) is 0. The molecule has 1 fully saturated rings. The second kappa shape index (κ2) is 13.3. The van der Waals surface area contributed by atoms with Gasteiger partial charge in [-0.05, 0) is 59.1 Å². The van der Waals surface area contributed by atoms with E-state index < -0.39 is 0 Å². The molecule has 1 unspecified atom stereocenters. The van der Waals surface area contributed by atoms with Crippen molar-refractivity contribution < 1.29 is 9.47 Å². The Bertz CT molecular complexity index is 490. The Morgan fingerprint density at radius 3 is 2.40 bits per heavy atom. The summed E-state index contributed by atoms with van der Waals surface area (Å²) in [5.74, 6) is -0.335. The van der Waals surface area contributed by atoms with Crippen LogP contribution in [0.3, 0.4) is 0 Å². The molecule has 1 saturated heterocycles. The summed E-state index contributed by atoms with van der Waals surface area (Å²) in [7, 11) is 0. The highest BCUT2D eigenvalue weighted by molar-refractivity contribution is 6.30. The van der Waals surface area contributed by atoms with Gasteiger partial charge in [0, 0.05) is 5.71 Å². The Morgan fingerprint density at radius 2 is 1.96 bits per heavy atom. The second-order valence-electron chi connectivity index (χ2n) is 6.47. The Kier molecular flexibility index (Phi) is 12.8. The van der Waals surface area contributed by atoms with Gasteiger partial charge < -0.3 is 9.47 Å². The minimum absolute atomic E-state index is 0.335. The first-order chi connectivity index (χ1) is 11.8. The van der Waals surface area contributed by atoms with E-state index in [1.807, 2.05) is 65.8 Å². The van der Waals surface area contributed by atoms with Crippen molar-refractivity contribution in [3.8, 4) is 0 Å². The zero-order valence-corrected chi connectivity index (χ0v) is 17.8. The van der Waals surface area contributed by atoms with Crippen LogP contribution in [0.2, 0.25) is 0 Å². The molecule has 0 aromatic rings. The summed E-state index contributed by atoms with van der Waals surface area (Å²) in [6, 6.07) is 0. The molecule has 25 heavy (non-hydrogen) atoms. The maximum absolute atomic E-state index is 5.90. The number of unbranched alkanes of at least 4 members (excludes halogenated alkanes) is 1. The van der Waals surface area contributed by atoms with E-state index in [4.69, 9.17) is 21.1 Å². The Morgan fingerprint density at radius 1 is 1.28 bits per heavy atom. The largest absolute Gasteiger partial charge is 0.348 e. The average molecular weight is 370 g/mol. The lowest BCUT2D eigenvalue weighted by molar-refractivity contribution is -0.139. The summed E-state index contributed by atoms with van der Waals surface area (Å²) in [5.41, 5.74) is 2.05. The van der Waals surface area contributed by atoms with E-state index in [1.54, 1.807) is 0 Å². The maximum atomic E-state index is 5.90. The van der Waals surface area contributed by atoms with Crippen LogP contribution in [-0.2, 0) is 9.47 Å². The quantitative estimate of drug-likeness (QED) is 0.281. The van der Waals surface area contributed by atoms with Gasteiger partial charge in [-0.15, -0.1) is 0 Å². The van der Waals surface area contributed by atoms with Gasteiger partial charge in [0.25, 0.3) is 0 Å². The van der Waals surface area contributed by atoms with Crippen molar-refractivity contribution in [1.29, 1.82) is 0 Å². The smallest absolute Gasteiger partial charge is 0.163 e. The molecule has 0 aliphatic carbocycles. The number of nitrogens with zero attached hydrogens (tertiary/aromatic N) is 1. The van der Waals surface area contributed by atoms with E-state index in [-0.39, 0.29) is 5.79 Å². The van der Waals surface area contributed by atoms with Crippen LogP contribution in [0.4, 0.5) is 0 Å². The third-order valence-corrected chi connectivity index (χ3v) is 3.91. The van der Waals surface area contributed by atoms with E-state index in [9.17, 15) is 0 Å². The zero-order valence-electron chi connectivity index (χ0n) is 17.1. The van der Waals surface area contributed by atoms with Gasteiger partial charge in [-0.25, -0.2) is 4.99 Å². The monoisotopic (exact) mass is 369 g/mol. The number of ether oxygens (including phenoxy) is 2. The predicted molar refractivity (Wildman–Crippen MR) is 110 cm³/mol. The number of aliphatic imine (C=N–C) groups is 1. The Labute approximate surface area is 159 Å². The molecular weight excluding hydrogens is 334 g/mol. The summed E-state index contributed by atoms with van der Waals surface area (Å²) in [6.45, 7) is 14.9. The summed E-state index contributed by atoms with van der Waals surface area (Å²) >= 11 is 5.90. The standard InChI is InChI=1S/C12H18ClN.C9H18O2/c1-5-8-11(7-3)10(4)14-12(13)9-6-2;1-4-5-6-8-7-10-9(2,3)11-8/h5,7-9H,6H2,1-4H3;8H,4-7H2,1-3H3/b8-5-,11-7-,12-9+,14-10-;. The molecule has 0 saturated carbocycles. The Balaban J connectivity index is 0.000000472. The molecule has 0 amide bonds. The summed E-state index contributed by atoms with van der Waals surface area (Å²) in [5, 5.41) is 0.564. The fraction of sp³-hybridized carbons (Fsp3) is 0.667. The van der Waals surface area contributed by atoms with Crippen molar-refractivity contribution in [1.82, 2.24) is 0 Å². The molecule has 0 N–H and O–H groups in total. The highest BCUT2D eigenvalue weighted by atomic mass is 35.5. The summed E-state index contributed by atoms with van der Waals surface area (Å²) in [4.78, 5) is 4.28. The first-order valence-corrected chi connectivity index (χ1v) is 9.69. The number of rotatable bonds is 7. The van der Waals surface area contributed by atoms with Crippen LogP contribution in [0.25, 0.3) is 0 Å². The topological polar surface area (TPSA) is 30.8 Å². The third kappa shape index (κ3) is 11.4. The Hall–Kier alpha value is -0.900. The van der Waals surface area contributed by atoms with E-state index in [1.165, 1.54) is 12.8 Å². The minimum Gasteiger partial charge on any atom is -0.348 e. The highest BCUT2D eigenvalue weighted by Crippen LogP contribution is 2.24. The molecule has 1 atom stereocenters. The van der Waals surface area contributed by atoms with Gasteiger partial charge in [-0.2, -0.15) is 0 Å². The van der Waals surface area contributed by atoms with Gasteiger partial charge >= 0.3 is 0 Å². The molecule has 0 spiro atoms.